The van der Waals surface area contributed by atoms with Crippen molar-refractivity contribution < 1.29 is 9.13 Å². The number of hydrogen-bond acceptors (Lipinski definition) is 3. The summed E-state index contributed by atoms with van der Waals surface area (Å²) in [6.07, 6.45) is 3.51. The maximum absolute atomic E-state index is 13.9. The molecule has 0 bridgehead atoms. The molecule has 0 aliphatic rings. The smallest absolute Gasteiger partial charge is 0.165 e. The molecule has 1 aromatic carbocycles. The Morgan fingerprint density at radius 1 is 1.37 bits per heavy atom. The highest BCUT2D eigenvalue weighted by molar-refractivity contribution is 5.62. The highest BCUT2D eigenvalue weighted by atomic mass is 19.1. The minimum atomic E-state index is -0.363. The number of nitrogens with zero attached hydrogens (tertiary/aromatic N) is 2. The van der Waals surface area contributed by atoms with Gasteiger partial charge in [-0.25, -0.2) is 4.39 Å². The minimum Gasteiger partial charge on any atom is -0.488 e. The SMILES string of the molecule is CC(C)Oc1ccc(-c2cnn(CCN)c2)cc1F. The van der Waals surface area contributed by atoms with Gasteiger partial charge < -0.3 is 10.5 Å². The van der Waals surface area contributed by atoms with Gasteiger partial charge in [0.15, 0.2) is 11.6 Å². The third-order valence-electron chi connectivity index (χ3n) is 2.62. The number of ether oxygens (including phenoxy) is 1. The van der Waals surface area contributed by atoms with Gasteiger partial charge >= 0.3 is 0 Å². The molecule has 0 fully saturated rings. The third kappa shape index (κ3) is 3.32. The second-order valence-electron chi connectivity index (χ2n) is 4.59. The fraction of sp³-hybridized carbons (Fsp3) is 0.357. The topological polar surface area (TPSA) is 53.1 Å². The lowest BCUT2D eigenvalue weighted by atomic mass is 10.1. The molecule has 0 spiro atoms. The van der Waals surface area contributed by atoms with Crippen LogP contribution in [0.3, 0.4) is 0 Å². The highest BCUT2D eigenvalue weighted by Gasteiger charge is 2.09. The molecular weight excluding hydrogens is 245 g/mol. The summed E-state index contributed by atoms with van der Waals surface area (Å²) in [5, 5.41) is 4.17. The Kier molecular flexibility index (Phi) is 4.16. The van der Waals surface area contributed by atoms with Crippen LogP contribution in [0.2, 0.25) is 0 Å². The van der Waals surface area contributed by atoms with E-state index in [2.05, 4.69) is 5.10 Å². The van der Waals surface area contributed by atoms with E-state index in [0.717, 1.165) is 11.1 Å². The van der Waals surface area contributed by atoms with Crippen LogP contribution in [0.1, 0.15) is 13.8 Å². The lowest BCUT2D eigenvalue weighted by Crippen LogP contribution is -2.09. The number of halogens is 1. The van der Waals surface area contributed by atoms with Crippen molar-refractivity contribution in [2.45, 2.75) is 26.5 Å². The molecule has 4 nitrogen and oxygen atoms in total. The lowest BCUT2D eigenvalue weighted by Gasteiger charge is -2.11. The van der Waals surface area contributed by atoms with Crippen molar-refractivity contribution in [3.05, 3.63) is 36.4 Å². The van der Waals surface area contributed by atoms with E-state index < -0.39 is 0 Å². The first-order valence-electron chi connectivity index (χ1n) is 6.29. The van der Waals surface area contributed by atoms with Gasteiger partial charge in [0, 0.05) is 18.3 Å². The van der Waals surface area contributed by atoms with Crippen molar-refractivity contribution in [1.29, 1.82) is 0 Å². The average Bonchev–Trinajstić information content (AvgIpc) is 2.80. The molecule has 0 saturated carbocycles. The lowest BCUT2D eigenvalue weighted by molar-refractivity contribution is 0.231. The zero-order chi connectivity index (χ0) is 13.8. The Bertz CT molecular complexity index is 551. The second-order valence-corrected chi connectivity index (χ2v) is 4.59. The normalized spacial score (nSPS) is 11.0. The van der Waals surface area contributed by atoms with Crippen LogP contribution in [0.25, 0.3) is 11.1 Å². The second kappa shape index (κ2) is 5.84. The molecule has 1 aromatic heterocycles. The van der Waals surface area contributed by atoms with Crippen LogP contribution >= 0.6 is 0 Å². The van der Waals surface area contributed by atoms with Crippen molar-refractivity contribution in [3.63, 3.8) is 0 Å². The van der Waals surface area contributed by atoms with Gasteiger partial charge in [-0.2, -0.15) is 5.10 Å². The predicted octanol–water partition coefficient (Wildman–Crippen LogP) is 2.44. The first-order chi connectivity index (χ1) is 9.10. The molecule has 2 rings (SSSR count). The number of rotatable bonds is 5. The van der Waals surface area contributed by atoms with Gasteiger partial charge in [-0.1, -0.05) is 6.07 Å². The van der Waals surface area contributed by atoms with Crippen LogP contribution in [-0.4, -0.2) is 22.4 Å². The Hall–Kier alpha value is -1.88. The summed E-state index contributed by atoms with van der Waals surface area (Å²) in [6.45, 7) is 4.90. The zero-order valence-corrected chi connectivity index (χ0v) is 11.1. The van der Waals surface area contributed by atoms with E-state index in [1.807, 2.05) is 26.1 Å². The van der Waals surface area contributed by atoms with Crippen molar-refractivity contribution in [3.8, 4) is 16.9 Å². The molecule has 2 N–H and O–H groups in total. The van der Waals surface area contributed by atoms with E-state index in [1.54, 1.807) is 16.9 Å². The van der Waals surface area contributed by atoms with Gasteiger partial charge in [0.2, 0.25) is 0 Å². The Labute approximate surface area is 112 Å². The van der Waals surface area contributed by atoms with Crippen LogP contribution < -0.4 is 10.5 Å². The van der Waals surface area contributed by atoms with Crippen molar-refractivity contribution in [2.75, 3.05) is 6.54 Å². The summed E-state index contributed by atoms with van der Waals surface area (Å²) in [6, 6.07) is 4.93. The molecule has 0 radical (unpaired) electrons. The number of aromatic nitrogens is 2. The van der Waals surface area contributed by atoms with E-state index in [0.29, 0.717) is 13.1 Å². The van der Waals surface area contributed by atoms with Crippen LogP contribution in [0, 0.1) is 5.82 Å². The molecule has 0 atom stereocenters. The molecule has 1 heterocycles. The molecule has 19 heavy (non-hydrogen) atoms. The molecular formula is C14H18FN3O. The summed E-state index contributed by atoms with van der Waals surface area (Å²) in [5.74, 6) is -0.0918. The number of nitrogens with two attached hydrogens (primary N) is 1. The molecule has 0 aliphatic heterocycles. The predicted molar refractivity (Wildman–Crippen MR) is 72.4 cm³/mol. The Morgan fingerprint density at radius 2 is 2.16 bits per heavy atom. The van der Waals surface area contributed by atoms with E-state index in [1.165, 1.54) is 6.07 Å². The Balaban J connectivity index is 2.22. The quantitative estimate of drug-likeness (QED) is 0.901. The first-order valence-corrected chi connectivity index (χ1v) is 6.29. The van der Waals surface area contributed by atoms with Gasteiger partial charge in [-0.3, -0.25) is 4.68 Å². The maximum atomic E-state index is 13.9. The minimum absolute atomic E-state index is 0.0485. The zero-order valence-electron chi connectivity index (χ0n) is 11.1. The van der Waals surface area contributed by atoms with Crippen LogP contribution in [0.4, 0.5) is 4.39 Å². The summed E-state index contributed by atoms with van der Waals surface area (Å²) in [7, 11) is 0. The summed E-state index contributed by atoms with van der Waals surface area (Å²) >= 11 is 0. The molecule has 5 heteroatoms. The van der Waals surface area contributed by atoms with Crippen LogP contribution in [0.15, 0.2) is 30.6 Å². The fourth-order valence-electron chi connectivity index (χ4n) is 1.80. The van der Waals surface area contributed by atoms with Gasteiger partial charge in [0.05, 0.1) is 18.8 Å². The number of hydrogen-bond donors (Lipinski definition) is 1. The molecule has 2 aromatic rings. The van der Waals surface area contributed by atoms with Crippen LogP contribution in [0.5, 0.6) is 5.75 Å². The summed E-state index contributed by atoms with van der Waals surface area (Å²) in [4.78, 5) is 0. The summed E-state index contributed by atoms with van der Waals surface area (Å²) in [5.41, 5.74) is 7.10. The standard InChI is InChI=1S/C14H18FN3O/c1-10(2)19-14-4-3-11(7-13(14)15)12-8-17-18(9-12)6-5-16/h3-4,7-10H,5-6,16H2,1-2H3. The molecule has 0 aliphatic carbocycles. The monoisotopic (exact) mass is 263 g/mol. The van der Waals surface area contributed by atoms with E-state index >= 15 is 0 Å². The van der Waals surface area contributed by atoms with Crippen molar-refractivity contribution in [1.82, 2.24) is 9.78 Å². The highest BCUT2D eigenvalue weighted by Crippen LogP contribution is 2.25. The number of benzene rings is 1. The van der Waals surface area contributed by atoms with Gasteiger partial charge in [0.1, 0.15) is 0 Å². The Morgan fingerprint density at radius 3 is 2.79 bits per heavy atom. The molecule has 0 saturated heterocycles. The maximum Gasteiger partial charge on any atom is 0.165 e. The van der Waals surface area contributed by atoms with E-state index in [4.69, 9.17) is 10.5 Å². The third-order valence-corrected chi connectivity index (χ3v) is 2.62. The fourth-order valence-corrected chi connectivity index (χ4v) is 1.80. The van der Waals surface area contributed by atoms with Crippen LogP contribution in [-0.2, 0) is 6.54 Å². The van der Waals surface area contributed by atoms with Gasteiger partial charge in [-0.05, 0) is 31.5 Å². The molecule has 102 valence electrons. The molecule has 0 unspecified atom stereocenters. The molecule has 0 amide bonds. The van der Waals surface area contributed by atoms with E-state index in [9.17, 15) is 4.39 Å². The largest absolute Gasteiger partial charge is 0.488 e. The van der Waals surface area contributed by atoms with Crippen molar-refractivity contribution in [2.24, 2.45) is 5.73 Å². The van der Waals surface area contributed by atoms with Gasteiger partial charge in [0.25, 0.3) is 0 Å². The summed E-state index contributed by atoms with van der Waals surface area (Å²) < 4.78 is 21.0. The van der Waals surface area contributed by atoms with E-state index in [-0.39, 0.29) is 17.7 Å². The van der Waals surface area contributed by atoms with Crippen molar-refractivity contribution >= 4 is 0 Å². The average molecular weight is 263 g/mol. The first kappa shape index (κ1) is 13.5. The van der Waals surface area contributed by atoms with Gasteiger partial charge in [-0.15, -0.1) is 0 Å².